The smallest absolute Gasteiger partial charge is 0.254 e. The van der Waals surface area contributed by atoms with Gasteiger partial charge in [0.25, 0.3) is 5.91 Å². The van der Waals surface area contributed by atoms with Gasteiger partial charge in [0, 0.05) is 26.2 Å². The zero-order valence-corrected chi connectivity index (χ0v) is 17.3. The number of hydrogen-bond donors (Lipinski definition) is 0. The Morgan fingerprint density at radius 2 is 1.89 bits per heavy atom. The molecular formula is C21H31N3O4. The van der Waals surface area contributed by atoms with Crippen LogP contribution in [0.3, 0.4) is 0 Å². The summed E-state index contributed by atoms with van der Waals surface area (Å²) in [5.74, 6) is 0.622. The van der Waals surface area contributed by atoms with Crippen molar-refractivity contribution in [2.45, 2.75) is 38.0 Å². The van der Waals surface area contributed by atoms with E-state index >= 15 is 0 Å². The van der Waals surface area contributed by atoms with Gasteiger partial charge < -0.3 is 24.2 Å². The number of nitrogens with zero attached hydrogens (tertiary/aromatic N) is 3. The van der Waals surface area contributed by atoms with Gasteiger partial charge in [0.1, 0.15) is 12.4 Å². The lowest BCUT2D eigenvalue weighted by Crippen LogP contribution is -2.55. The molecule has 154 valence electrons. The number of carbonyl (C=O) groups is 2. The second-order valence-corrected chi connectivity index (χ2v) is 7.64. The summed E-state index contributed by atoms with van der Waals surface area (Å²) in [4.78, 5) is 31.6. The molecule has 2 aliphatic rings. The molecule has 2 amide bonds. The SMILES string of the molecule is CCN(C)CCN(C)C(=O)[C@H]1OCC(=O)N(C2CC2)[C@@H]1c1ccc(OC)cc1. The predicted octanol–water partition coefficient (Wildman–Crippen LogP) is 1.54. The third-order valence-corrected chi connectivity index (χ3v) is 5.63. The molecule has 1 heterocycles. The van der Waals surface area contributed by atoms with Gasteiger partial charge >= 0.3 is 0 Å². The number of amides is 2. The molecule has 2 atom stereocenters. The number of benzene rings is 1. The van der Waals surface area contributed by atoms with Crippen LogP contribution in [0.25, 0.3) is 0 Å². The molecule has 1 aromatic carbocycles. The Kier molecular flexibility index (Phi) is 6.57. The van der Waals surface area contributed by atoms with E-state index in [1.807, 2.05) is 36.2 Å². The second-order valence-electron chi connectivity index (χ2n) is 7.64. The molecule has 0 bridgehead atoms. The Morgan fingerprint density at radius 1 is 1.21 bits per heavy atom. The minimum Gasteiger partial charge on any atom is -0.497 e. The topological polar surface area (TPSA) is 62.3 Å². The first-order chi connectivity index (χ1) is 13.5. The summed E-state index contributed by atoms with van der Waals surface area (Å²) in [6.45, 7) is 4.40. The molecule has 0 aromatic heterocycles. The number of hydrogen-bond acceptors (Lipinski definition) is 5. The summed E-state index contributed by atoms with van der Waals surface area (Å²) in [5.41, 5.74) is 0.901. The van der Waals surface area contributed by atoms with Gasteiger partial charge in [-0.15, -0.1) is 0 Å². The number of rotatable bonds is 8. The zero-order chi connectivity index (χ0) is 20.3. The van der Waals surface area contributed by atoms with Crippen molar-refractivity contribution in [3.63, 3.8) is 0 Å². The van der Waals surface area contributed by atoms with Crippen LogP contribution >= 0.6 is 0 Å². The Bertz CT molecular complexity index is 689. The number of morpholine rings is 1. The number of methoxy groups -OCH3 is 1. The van der Waals surface area contributed by atoms with E-state index in [1.165, 1.54) is 0 Å². The Labute approximate surface area is 167 Å². The van der Waals surface area contributed by atoms with E-state index in [-0.39, 0.29) is 24.5 Å². The van der Waals surface area contributed by atoms with E-state index < -0.39 is 12.1 Å². The Morgan fingerprint density at radius 3 is 2.46 bits per heavy atom. The van der Waals surface area contributed by atoms with Crippen LogP contribution in [0.15, 0.2) is 24.3 Å². The van der Waals surface area contributed by atoms with E-state index in [0.29, 0.717) is 6.54 Å². The van der Waals surface area contributed by atoms with Crippen molar-refractivity contribution < 1.29 is 19.1 Å². The molecular weight excluding hydrogens is 358 g/mol. The molecule has 0 spiro atoms. The molecule has 1 aromatic rings. The van der Waals surface area contributed by atoms with Gasteiger partial charge in [0.2, 0.25) is 5.91 Å². The van der Waals surface area contributed by atoms with Gasteiger partial charge in [-0.3, -0.25) is 9.59 Å². The number of likely N-dealkylation sites (N-methyl/N-ethyl adjacent to an activating group) is 2. The van der Waals surface area contributed by atoms with Crippen LogP contribution in [0.1, 0.15) is 31.4 Å². The summed E-state index contributed by atoms with van der Waals surface area (Å²) in [7, 11) is 5.45. The molecule has 0 radical (unpaired) electrons. The average molecular weight is 389 g/mol. The van der Waals surface area contributed by atoms with Crippen LogP contribution in [0, 0.1) is 0 Å². The zero-order valence-electron chi connectivity index (χ0n) is 17.3. The van der Waals surface area contributed by atoms with Gasteiger partial charge in [-0.2, -0.15) is 0 Å². The molecule has 3 rings (SSSR count). The van der Waals surface area contributed by atoms with Crippen LogP contribution in [0.4, 0.5) is 0 Å². The molecule has 1 aliphatic heterocycles. The van der Waals surface area contributed by atoms with Crippen LogP contribution in [-0.4, -0.2) is 86.1 Å². The summed E-state index contributed by atoms with van der Waals surface area (Å²) in [6.07, 6.45) is 1.27. The Balaban J connectivity index is 1.84. The highest BCUT2D eigenvalue weighted by Gasteiger charge is 2.48. The van der Waals surface area contributed by atoms with Crippen LogP contribution in [0.2, 0.25) is 0 Å². The van der Waals surface area contributed by atoms with Crippen LogP contribution < -0.4 is 4.74 Å². The first-order valence-corrected chi connectivity index (χ1v) is 9.96. The van der Waals surface area contributed by atoms with Gasteiger partial charge in [0.05, 0.1) is 13.2 Å². The minimum absolute atomic E-state index is 0.0394. The van der Waals surface area contributed by atoms with Crippen molar-refractivity contribution in [2.75, 3.05) is 47.4 Å². The fourth-order valence-corrected chi connectivity index (χ4v) is 3.56. The molecule has 0 unspecified atom stereocenters. The van der Waals surface area contributed by atoms with Crippen molar-refractivity contribution in [3.8, 4) is 5.75 Å². The Hall–Kier alpha value is -2.12. The largest absolute Gasteiger partial charge is 0.497 e. The first-order valence-electron chi connectivity index (χ1n) is 9.96. The highest BCUT2D eigenvalue weighted by atomic mass is 16.5. The maximum atomic E-state index is 13.2. The van der Waals surface area contributed by atoms with Crippen molar-refractivity contribution in [2.24, 2.45) is 0 Å². The monoisotopic (exact) mass is 389 g/mol. The summed E-state index contributed by atoms with van der Waals surface area (Å²) in [6, 6.07) is 7.37. The molecule has 2 fully saturated rings. The van der Waals surface area contributed by atoms with E-state index in [4.69, 9.17) is 9.47 Å². The van der Waals surface area contributed by atoms with E-state index in [9.17, 15) is 9.59 Å². The van der Waals surface area contributed by atoms with E-state index in [2.05, 4.69) is 11.8 Å². The van der Waals surface area contributed by atoms with E-state index in [1.54, 1.807) is 19.1 Å². The molecule has 1 saturated carbocycles. The fraction of sp³-hybridized carbons (Fsp3) is 0.619. The molecule has 7 nitrogen and oxygen atoms in total. The normalized spacial score (nSPS) is 22.5. The molecule has 28 heavy (non-hydrogen) atoms. The lowest BCUT2D eigenvalue weighted by atomic mass is 9.96. The minimum atomic E-state index is -0.691. The molecule has 1 aliphatic carbocycles. The molecule has 1 saturated heterocycles. The van der Waals surface area contributed by atoms with Crippen molar-refractivity contribution in [3.05, 3.63) is 29.8 Å². The van der Waals surface area contributed by atoms with Gasteiger partial charge in [-0.05, 0) is 44.1 Å². The lowest BCUT2D eigenvalue weighted by Gasteiger charge is -2.42. The van der Waals surface area contributed by atoms with Crippen LogP contribution in [0.5, 0.6) is 5.75 Å². The third kappa shape index (κ3) is 4.47. The lowest BCUT2D eigenvalue weighted by molar-refractivity contribution is -0.169. The first kappa shape index (κ1) is 20.6. The van der Waals surface area contributed by atoms with Gasteiger partial charge in [-0.25, -0.2) is 0 Å². The third-order valence-electron chi connectivity index (χ3n) is 5.63. The van der Waals surface area contributed by atoms with Gasteiger partial charge in [-0.1, -0.05) is 19.1 Å². The molecule has 0 N–H and O–H groups in total. The number of carbonyl (C=O) groups excluding carboxylic acids is 2. The van der Waals surface area contributed by atoms with Crippen molar-refractivity contribution in [1.29, 1.82) is 0 Å². The standard InChI is InChI=1S/C21H31N3O4/c1-5-22(2)12-13-23(3)21(26)20-19(15-6-10-17(27-4)11-7-15)24(16-8-9-16)18(25)14-28-20/h6-7,10-11,16,19-20H,5,8-9,12-14H2,1-4H3/t19-,20+/m1/s1. The number of ether oxygens (including phenoxy) is 2. The van der Waals surface area contributed by atoms with Crippen molar-refractivity contribution in [1.82, 2.24) is 14.7 Å². The van der Waals surface area contributed by atoms with Crippen molar-refractivity contribution >= 4 is 11.8 Å². The highest BCUT2D eigenvalue weighted by molar-refractivity contribution is 5.86. The van der Waals surface area contributed by atoms with Gasteiger partial charge in [0.15, 0.2) is 6.10 Å². The summed E-state index contributed by atoms with van der Waals surface area (Å²) in [5, 5.41) is 0. The average Bonchev–Trinajstić information content (AvgIpc) is 3.56. The summed E-state index contributed by atoms with van der Waals surface area (Å²) >= 11 is 0. The van der Waals surface area contributed by atoms with E-state index in [0.717, 1.165) is 37.2 Å². The van der Waals surface area contributed by atoms with Crippen LogP contribution in [-0.2, 0) is 14.3 Å². The maximum Gasteiger partial charge on any atom is 0.254 e. The maximum absolute atomic E-state index is 13.2. The second kappa shape index (κ2) is 8.92. The quantitative estimate of drug-likeness (QED) is 0.675. The summed E-state index contributed by atoms with van der Waals surface area (Å²) < 4.78 is 11.1. The fourth-order valence-electron chi connectivity index (χ4n) is 3.56. The molecule has 7 heteroatoms. The predicted molar refractivity (Wildman–Crippen MR) is 106 cm³/mol. The highest BCUT2D eigenvalue weighted by Crippen LogP contribution is 2.40.